The number of ether oxygens (including phenoxy) is 1. The Balaban J connectivity index is 2.28. The smallest absolute Gasteiger partial charge is 0.354 e. The van der Waals surface area contributed by atoms with Crippen LogP contribution in [0.4, 0.5) is 0 Å². The van der Waals surface area contributed by atoms with Gasteiger partial charge in [0.05, 0.1) is 6.20 Å². The summed E-state index contributed by atoms with van der Waals surface area (Å²) in [6.45, 7) is 0. The number of aromatic hydroxyl groups is 1. The molecule has 1 aromatic carbocycles. The van der Waals surface area contributed by atoms with Crippen molar-refractivity contribution < 1.29 is 19.7 Å². The Labute approximate surface area is 96.7 Å². The molecule has 0 bridgehead atoms. The molecule has 0 atom stereocenters. The largest absolute Gasteiger partial charge is 0.508 e. The lowest BCUT2D eigenvalue weighted by molar-refractivity contribution is 0.0685. The summed E-state index contributed by atoms with van der Waals surface area (Å²) in [5, 5.41) is 18.1. The van der Waals surface area contributed by atoms with Gasteiger partial charge in [-0.3, -0.25) is 4.57 Å². The van der Waals surface area contributed by atoms with E-state index in [-0.39, 0.29) is 17.5 Å². The zero-order valence-corrected chi connectivity index (χ0v) is 8.99. The summed E-state index contributed by atoms with van der Waals surface area (Å²) < 4.78 is 6.66. The van der Waals surface area contributed by atoms with E-state index in [4.69, 9.17) is 9.84 Å². The minimum absolute atomic E-state index is 0.0279. The molecule has 2 N–H and O–H groups in total. The fourth-order valence-corrected chi connectivity index (χ4v) is 1.34. The number of carbonyl (C=O) groups is 1. The fraction of sp³-hybridized carbons (Fsp3) is 0.0909. The second-order valence-corrected chi connectivity index (χ2v) is 3.39. The summed E-state index contributed by atoms with van der Waals surface area (Å²) in [7, 11) is 1.54. The van der Waals surface area contributed by atoms with Crippen LogP contribution >= 0.6 is 0 Å². The molecule has 0 amide bonds. The molecular formula is C11H10N2O4. The molecule has 0 unspecified atom stereocenters. The van der Waals surface area contributed by atoms with E-state index in [0.717, 1.165) is 0 Å². The number of nitrogens with zero attached hydrogens (tertiary/aromatic N) is 2. The number of hydrogen-bond donors (Lipinski definition) is 2. The van der Waals surface area contributed by atoms with Crippen molar-refractivity contribution in [3.05, 3.63) is 36.2 Å². The highest BCUT2D eigenvalue weighted by molar-refractivity contribution is 5.85. The summed E-state index contributed by atoms with van der Waals surface area (Å²) in [6, 6.07) is 6.32. The van der Waals surface area contributed by atoms with Gasteiger partial charge >= 0.3 is 12.0 Å². The highest BCUT2D eigenvalue weighted by Gasteiger charge is 2.13. The molecule has 1 heterocycles. The third-order valence-corrected chi connectivity index (χ3v) is 2.19. The summed E-state index contributed by atoms with van der Waals surface area (Å²) in [5.74, 6) is -0.628. The second kappa shape index (κ2) is 4.17. The van der Waals surface area contributed by atoms with E-state index in [9.17, 15) is 9.90 Å². The molecule has 2 aromatic rings. The fourth-order valence-electron chi connectivity index (χ4n) is 1.34. The van der Waals surface area contributed by atoms with Crippen molar-refractivity contribution in [2.24, 2.45) is 7.05 Å². The van der Waals surface area contributed by atoms with Crippen molar-refractivity contribution in [3.63, 3.8) is 0 Å². The first-order valence-electron chi connectivity index (χ1n) is 4.80. The maximum Gasteiger partial charge on any atom is 0.354 e. The van der Waals surface area contributed by atoms with Crippen molar-refractivity contribution in [1.82, 2.24) is 9.55 Å². The minimum atomic E-state index is -1.08. The van der Waals surface area contributed by atoms with Gasteiger partial charge in [-0.05, 0) is 12.1 Å². The number of carboxylic acid groups (broad SMARTS) is 1. The third-order valence-electron chi connectivity index (χ3n) is 2.19. The monoisotopic (exact) mass is 234 g/mol. The quantitative estimate of drug-likeness (QED) is 0.842. The Kier molecular flexibility index (Phi) is 2.70. The topological polar surface area (TPSA) is 84.6 Å². The standard InChI is InChI=1S/C11H10N2O4/c1-13-9(10(15)16)6-12-11(13)17-8-4-2-3-7(14)5-8/h2-6,14H,1H3,(H,15,16). The van der Waals surface area contributed by atoms with Crippen LogP contribution in [0, 0.1) is 0 Å². The zero-order chi connectivity index (χ0) is 12.4. The lowest BCUT2D eigenvalue weighted by atomic mass is 10.3. The Morgan fingerprint density at radius 2 is 2.24 bits per heavy atom. The van der Waals surface area contributed by atoms with Gasteiger partial charge in [0.25, 0.3) is 0 Å². The van der Waals surface area contributed by atoms with Crippen LogP contribution in [0.2, 0.25) is 0 Å². The Morgan fingerprint density at radius 1 is 1.47 bits per heavy atom. The molecule has 0 fully saturated rings. The molecule has 6 heteroatoms. The predicted octanol–water partition coefficient (Wildman–Crippen LogP) is 1.62. The first-order chi connectivity index (χ1) is 8.08. The number of imidazole rings is 1. The number of phenols is 1. The number of rotatable bonds is 3. The Bertz CT molecular complexity index is 562. The Morgan fingerprint density at radius 3 is 2.82 bits per heavy atom. The summed E-state index contributed by atoms with van der Waals surface area (Å²) in [4.78, 5) is 14.6. The van der Waals surface area contributed by atoms with Gasteiger partial charge in [-0.2, -0.15) is 0 Å². The molecule has 0 aliphatic carbocycles. The van der Waals surface area contributed by atoms with Crippen molar-refractivity contribution in [1.29, 1.82) is 0 Å². The Hall–Kier alpha value is -2.50. The average molecular weight is 234 g/mol. The van der Waals surface area contributed by atoms with E-state index in [1.807, 2.05) is 0 Å². The van der Waals surface area contributed by atoms with Crippen molar-refractivity contribution in [3.8, 4) is 17.5 Å². The van der Waals surface area contributed by atoms with Gasteiger partial charge in [0.2, 0.25) is 0 Å². The predicted molar refractivity (Wildman–Crippen MR) is 58.3 cm³/mol. The number of aromatic carboxylic acids is 1. The van der Waals surface area contributed by atoms with E-state index >= 15 is 0 Å². The van der Waals surface area contributed by atoms with Gasteiger partial charge < -0.3 is 14.9 Å². The second-order valence-electron chi connectivity index (χ2n) is 3.39. The van der Waals surface area contributed by atoms with Crippen LogP contribution in [0.1, 0.15) is 10.5 Å². The average Bonchev–Trinajstić information content (AvgIpc) is 2.61. The molecule has 0 saturated carbocycles. The van der Waals surface area contributed by atoms with Crippen molar-refractivity contribution in [2.45, 2.75) is 0 Å². The zero-order valence-electron chi connectivity index (χ0n) is 8.99. The minimum Gasteiger partial charge on any atom is -0.508 e. The van der Waals surface area contributed by atoms with Crippen LogP contribution in [0.5, 0.6) is 17.5 Å². The molecule has 0 spiro atoms. The number of hydrogen-bond acceptors (Lipinski definition) is 4. The lowest BCUT2D eigenvalue weighted by Crippen LogP contribution is -2.05. The number of phenolic OH excluding ortho intramolecular Hbond substituents is 1. The maximum atomic E-state index is 10.8. The number of aromatic nitrogens is 2. The van der Waals surface area contributed by atoms with Gasteiger partial charge in [0.15, 0.2) is 0 Å². The third kappa shape index (κ3) is 2.20. The molecule has 6 nitrogen and oxygen atoms in total. The molecule has 0 radical (unpaired) electrons. The molecule has 0 saturated heterocycles. The molecule has 0 aliphatic heterocycles. The summed E-state index contributed by atoms with van der Waals surface area (Å²) in [6.07, 6.45) is 1.21. The molecule has 88 valence electrons. The van der Waals surface area contributed by atoms with Crippen LogP contribution in [-0.4, -0.2) is 25.7 Å². The van der Waals surface area contributed by atoms with Crippen molar-refractivity contribution >= 4 is 5.97 Å². The van der Waals surface area contributed by atoms with Crippen LogP contribution < -0.4 is 4.74 Å². The van der Waals surface area contributed by atoms with Crippen LogP contribution in [-0.2, 0) is 7.05 Å². The van der Waals surface area contributed by atoms with Crippen molar-refractivity contribution in [2.75, 3.05) is 0 Å². The normalized spacial score (nSPS) is 10.2. The molecule has 17 heavy (non-hydrogen) atoms. The van der Waals surface area contributed by atoms with Crippen LogP contribution in [0.15, 0.2) is 30.5 Å². The first-order valence-corrected chi connectivity index (χ1v) is 4.80. The SMILES string of the molecule is Cn1c(C(=O)O)cnc1Oc1cccc(O)c1. The van der Waals surface area contributed by atoms with Crippen LogP contribution in [0.25, 0.3) is 0 Å². The first kappa shape index (κ1) is 11.0. The van der Waals surface area contributed by atoms with E-state index in [1.54, 1.807) is 12.1 Å². The summed E-state index contributed by atoms with van der Waals surface area (Å²) in [5.41, 5.74) is 0.0279. The molecule has 2 rings (SSSR count). The molecule has 0 aliphatic rings. The van der Waals surface area contributed by atoms with Gasteiger partial charge in [0.1, 0.15) is 17.2 Å². The molecular weight excluding hydrogens is 224 g/mol. The van der Waals surface area contributed by atoms with E-state index < -0.39 is 5.97 Å². The van der Waals surface area contributed by atoms with Crippen LogP contribution in [0.3, 0.4) is 0 Å². The van der Waals surface area contributed by atoms with E-state index in [2.05, 4.69) is 4.98 Å². The number of carboxylic acids is 1. The van der Waals surface area contributed by atoms with E-state index in [0.29, 0.717) is 5.75 Å². The highest BCUT2D eigenvalue weighted by Crippen LogP contribution is 2.23. The number of benzene rings is 1. The van der Waals surface area contributed by atoms with Gasteiger partial charge in [-0.25, -0.2) is 9.78 Å². The highest BCUT2D eigenvalue weighted by atomic mass is 16.5. The maximum absolute atomic E-state index is 10.8. The van der Waals surface area contributed by atoms with E-state index in [1.165, 1.54) is 29.9 Å². The lowest BCUT2D eigenvalue weighted by Gasteiger charge is -2.05. The van der Waals surface area contributed by atoms with Gasteiger partial charge in [0, 0.05) is 13.1 Å². The molecule has 1 aromatic heterocycles. The summed E-state index contributed by atoms with van der Waals surface area (Å²) >= 11 is 0. The van der Waals surface area contributed by atoms with Gasteiger partial charge in [-0.15, -0.1) is 0 Å². The van der Waals surface area contributed by atoms with Gasteiger partial charge in [-0.1, -0.05) is 6.07 Å².